The Kier molecular flexibility index (Phi) is 8.54. The molecule has 2 amide bonds. The molecule has 10 heteroatoms. The number of benzene rings is 2. The Labute approximate surface area is 225 Å². The number of piperazine rings is 1. The van der Waals surface area contributed by atoms with Gasteiger partial charge in [-0.1, -0.05) is 42.0 Å². The van der Waals surface area contributed by atoms with Crippen molar-refractivity contribution in [1.82, 2.24) is 19.4 Å². The number of aryl methyl sites for hydroxylation is 2. The predicted octanol–water partition coefficient (Wildman–Crippen LogP) is 3.21. The molecule has 0 spiro atoms. The highest BCUT2D eigenvalue weighted by Crippen LogP contribution is 2.34. The fourth-order valence-corrected chi connectivity index (χ4v) is 6.49. The molecule has 1 saturated heterocycles. The molecule has 0 radical (unpaired) electrons. The Hall–Kier alpha value is -3.21. The van der Waals surface area contributed by atoms with Gasteiger partial charge in [0.1, 0.15) is 0 Å². The summed E-state index contributed by atoms with van der Waals surface area (Å²) in [5.41, 5.74) is 3.86. The Morgan fingerprint density at radius 2 is 1.71 bits per heavy atom. The van der Waals surface area contributed by atoms with Crippen molar-refractivity contribution in [3.8, 4) is 0 Å². The number of ether oxygens (including phenoxy) is 1. The van der Waals surface area contributed by atoms with Gasteiger partial charge in [0.25, 0.3) is 0 Å². The van der Waals surface area contributed by atoms with Crippen molar-refractivity contribution in [2.24, 2.45) is 0 Å². The van der Waals surface area contributed by atoms with Crippen molar-refractivity contribution < 1.29 is 22.7 Å². The number of hydrogen-bond acceptors (Lipinski definition) is 6. The van der Waals surface area contributed by atoms with E-state index in [1.54, 1.807) is 42.2 Å². The van der Waals surface area contributed by atoms with Crippen LogP contribution in [-0.4, -0.2) is 80.4 Å². The zero-order valence-corrected chi connectivity index (χ0v) is 23.3. The van der Waals surface area contributed by atoms with Crippen LogP contribution in [0.5, 0.6) is 0 Å². The summed E-state index contributed by atoms with van der Waals surface area (Å²) < 4.78 is 33.1. The molecule has 2 aliphatic heterocycles. The molecule has 38 heavy (non-hydrogen) atoms. The van der Waals surface area contributed by atoms with Crippen LogP contribution in [0.15, 0.2) is 64.7 Å². The maximum absolute atomic E-state index is 13.4. The molecule has 0 bridgehead atoms. The van der Waals surface area contributed by atoms with Gasteiger partial charge >= 0.3 is 12.0 Å². The molecule has 4 rings (SSSR count). The molecule has 2 aromatic rings. The maximum Gasteiger partial charge on any atom is 0.338 e. The molecule has 1 unspecified atom stereocenters. The predicted molar refractivity (Wildman–Crippen MR) is 145 cm³/mol. The van der Waals surface area contributed by atoms with E-state index in [4.69, 9.17) is 4.74 Å². The fraction of sp³-hybridized carbons (Fsp3) is 0.429. The van der Waals surface area contributed by atoms with E-state index in [1.807, 2.05) is 39.0 Å². The van der Waals surface area contributed by atoms with Crippen LogP contribution in [-0.2, 0) is 19.6 Å². The Bertz CT molecular complexity index is 1320. The quantitative estimate of drug-likeness (QED) is 0.517. The monoisotopic (exact) mass is 540 g/mol. The van der Waals surface area contributed by atoms with Gasteiger partial charge in [-0.15, -0.1) is 0 Å². The first-order valence-electron chi connectivity index (χ1n) is 13.0. The number of sulfonamides is 1. The average molecular weight is 541 g/mol. The van der Waals surface area contributed by atoms with Crippen molar-refractivity contribution in [2.75, 3.05) is 45.9 Å². The second-order valence-electron chi connectivity index (χ2n) is 9.56. The number of carbonyl (C=O) groups excluding carboxylic acids is 2. The SMILES string of the molecule is CCOC(=O)C1=C(CN2CCN(S(=O)(=O)c3ccccc3)CC2)N(CC)C(=O)NC1c1cc(C)ccc1C. The van der Waals surface area contributed by atoms with Gasteiger partial charge in [-0.2, -0.15) is 4.31 Å². The Morgan fingerprint density at radius 1 is 1.03 bits per heavy atom. The topological polar surface area (TPSA) is 99.3 Å². The second-order valence-corrected chi connectivity index (χ2v) is 11.5. The van der Waals surface area contributed by atoms with Crippen LogP contribution in [0.1, 0.15) is 36.6 Å². The number of nitrogens with one attached hydrogen (secondary N) is 1. The van der Waals surface area contributed by atoms with Crippen LogP contribution in [0.2, 0.25) is 0 Å². The summed E-state index contributed by atoms with van der Waals surface area (Å²) in [7, 11) is -3.58. The minimum atomic E-state index is -3.58. The number of rotatable bonds is 8. The molecular formula is C28H36N4O5S. The summed E-state index contributed by atoms with van der Waals surface area (Å²) >= 11 is 0. The van der Waals surface area contributed by atoms with Crippen molar-refractivity contribution in [1.29, 1.82) is 0 Å². The molecular weight excluding hydrogens is 504 g/mol. The smallest absolute Gasteiger partial charge is 0.338 e. The largest absolute Gasteiger partial charge is 0.463 e. The molecule has 0 aromatic heterocycles. The first-order chi connectivity index (χ1) is 18.2. The van der Waals surface area contributed by atoms with E-state index >= 15 is 0 Å². The van der Waals surface area contributed by atoms with Gasteiger partial charge in [0.15, 0.2) is 0 Å². The first-order valence-corrected chi connectivity index (χ1v) is 14.4. The number of carbonyl (C=O) groups is 2. The van der Waals surface area contributed by atoms with Gasteiger partial charge < -0.3 is 10.1 Å². The number of esters is 1. The number of nitrogens with zero attached hydrogens (tertiary/aromatic N) is 3. The third-order valence-electron chi connectivity index (χ3n) is 7.08. The van der Waals surface area contributed by atoms with Gasteiger partial charge in [-0.3, -0.25) is 9.80 Å². The Morgan fingerprint density at radius 3 is 2.34 bits per heavy atom. The zero-order chi connectivity index (χ0) is 27.4. The van der Waals surface area contributed by atoms with E-state index in [-0.39, 0.29) is 17.5 Å². The third-order valence-corrected chi connectivity index (χ3v) is 8.99. The van der Waals surface area contributed by atoms with Crippen LogP contribution in [0.4, 0.5) is 4.79 Å². The van der Waals surface area contributed by atoms with Crippen molar-refractivity contribution >= 4 is 22.0 Å². The number of urea groups is 1. The molecule has 9 nitrogen and oxygen atoms in total. The highest BCUT2D eigenvalue weighted by atomic mass is 32.2. The highest BCUT2D eigenvalue weighted by molar-refractivity contribution is 7.89. The first kappa shape index (κ1) is 27.8. The minimum Gasteiger partial charge on any atom is -0.463 e. The van der Waals surface area contributed by atoms with E-state index in [1.165, 1.54) is 4.31 Å². The molecule has 0 aliphatic carbocycles. The van der Waals surface area contributed by atoms with Gasteiger partial charge in [0, 0.05) is 45.0 Å². The van der Waals surface area contributed by atoms with E-state index in [0.29, 0.717) is 50.5 Å². The lowest BCUT2D eigenvalue weighted by Crippen LogP contribution is -2.53. The van der Waals surface area contributed by atoms with Crippen LogP contribution >= 0.6 is 0 Å². The molecule has 1 fully saturated rings. The minimum absolute atomic E-state index is 0.214. The van der Waals surface area contributed by atoms with Gasteiger partial charge in [0.05, 0.1) is 23.1 Å². The zero-order valence-electron chi connectivity index (χ0n) is 22.4. The molecule has 2 aliphatic rings. The lowest BCUT2D eigenvalue weighted by molar-refractivity contribution is -0.139. The van der Waals surface area contributed by atoms with Gasteiger partial charge in [0.2, 0.25) is 10.0 Å². The fourth-order valence-electron chi connectivity index (χ4n) is 5.04. The van der Waals surface area contributed by atoms with Crippen LogP contribution in [0, 0.1) is 13.8 Å². The third kappa shape index (κ3) is 5.62. The van der Waals surface area contributed by atoms with Crippen LogP contribution in [0.25, 0.3) is 0 Å². The number of hydrogen-bond donors (Lipinski definition) is 1. The molecule has 2 heterocycles. The second kappa shape index (κ2) is 11.7. The standard InChI is InChI=1S/C28H36N4O5S/c1-5-32-24(19-30-14-16-31(17-15-30)38(35,36)22-10-8-7-9-11-22)25(27(33)37-6-2)26(29-28(32)34)23-18-20(3)12-13-21(23)4/h7-13,18,26H,5-6,14-17,19H2,1-4H3,(H,29,34). The van der Waals surface area contributed by atoms with Crippen LogP contribution < -0.4 is 5.32 Å². The average Bonchev–Trinajstić information content (AvgIpc) is 2.91. The summed E-state index contributed by atoms with van der Waals surface area (Å²) in [5.74, 6) is -0.461. The van der Waals surface area contributed by atoms with Crippen molar-refractivity contribution in [3.05, 3.63) is 76.5 Å². The van der Waals surface area contributed by atoms with Gasteiger partial charge in [-0.05, 0) is 51.0 Å². The van der Waals surface area contributed by atoms with E-state index in [9.17, 15) is 18.0 Å². The normalized spacial score (nSPS) is 19.4. The van der Waals surface area contributed by atoms with Crippen molar-refractivity contribution in [3.63, 3.8) is 0 Å². The highest BCUT2D eigenvalue weighted by Gasteiger charge is 2.39. The van der Waals surface area contributed by atoms with Crippen molar-refractivity contribution in [2.45, 2.75) is 38.6 Å². The summed E-state index contributed by atoms with van der Waals surface area (Å²) in [6.45, 7) is 10.1. The van der Waals surface area contributed by atoms with Crippen LogP contribution in [0.3, 0.4) is 0 Å². The van der Waals surface area contributed by atoms with Gasteiger partial charge in [-0.25, -0.2) is 18.0 Å². The number of amides is 2. The maximum atomic E-state index is 13.4. The lowest BCUT2D eigenvalue weighted by atomic mass is 9.90. The molecule has 2 aromatic carbocycles. The molecule has 0 saturated carbocycles. The molecule has 1 atom stereocenters. The number of likely N-dealkylation sites (N-methyl/N-ethyl adjacent to an activating group) is 1. The van der Waals surface area contributed by atoms with E-state index < -0.39 is 22.0 Å². The molecule has 204 valence electrons. The summed E-state index contributed by atoms with van der Waals surface area (Å²) in [6.07, 6.45) is 0. The lowest BCUT2D eigenvalue weighted by Gasteiger charge is -2.40. The van der Waals surface area contributed by atoms with E-state index in [2.05, 4.69) is 10.2 Å². The Balaban J connectivity index is 1.65. The molecule has 1 N–H and O–H groups in total. The van der Waals surface area contributed by atoms with E-state index in [0.717, 1.165) is 16.7 Å². The summed E-state index contributed by atoms with van der Waals surface area (Å²) in [6, 6.07) is 13.5. The summed E-state index contributed by atoms with van der Waals surface area (Å²) in [5, 5.41) is 3.03. The summed E-state index contributed by atoms with van der Waals surface area (Å²) in [4.78, 5) is 30.6.